The van der Waals surface area contributed by atoms with Crippen LogP contribution in [0.15, 0.2) is 36.4 Å². The molecule has 0 saturated carbocycles. The van der Waals surface area contributed by atoms with E-state index in [4.69, 9.17) is 4.74 Å². The molecule has 10 heteroatoms. The molecule has 2 aromatic carbocycles. The van der Waals surface area contributed by atoms with Crippen LogP contribution in [0.25, 0.3) is 0 Å². The summed E-state index contributed by atoms with van der Waals surface area (Å²) in [5, 5.41) is 2.23. The lowest BCUT2D eigenvalue weighted by atomic mass is 9.97. The Hall–Kier alpha value is -3.69. The highest BCUT2D eigenvalue weighted by Crippen LogP contribution is 2.38. The Kier molecular flexibility index (Phi) is 6.88. The molecule has 1 atom stereocenters. The average molecular weight is 502 g/mol. The number of carbonyl (C=O) groups excluding carboxylic acids is 4. The molecule has 190 valence electrons. The van der Waals surface area contributed by atoms with Gasteiger partial charge in [-0.2, -0.15) is 8.78 Å². The molecule has 1 N–H and O–H groups in total. The van der Waals surface area contributed by atoms with E-state index in [1.807, 2.05) is 0 Å². The van der Waals surface area contributed by atoms with Crippen molar-refractivity contribution in [3.05, 3.63) is 64.5 Å². The van der Waals surface area contributed by atoms with Crippen LogP contribution in [0.5, 0.6) is 5.75 Å². The van der Waals surface area contributed by atoms with Gasteiger partial charge in [-0.1, -0.05) is 12.1 Å². The minimum Gasteiger partial charge on any atom is -0.490 e. The van der Waals surface area contributed by atoms with Crippen molar-refractivity contribution in [3.8, 4) is 5.75 Å². The summed E-state index contributed by atoms with van der Waals surface area (Å²) in [6, 6.07) is 6.59. The number of hydrogen-bond donors (Lipinski definition) is 1. The van der Waals surface area contributed by atoms with Gasteiger partial charge in [0.15, 0.2) is 0 Å². The highest BCUT2D eigenvalue weighted by atomic mass is 19.3. The summed E-state index contributed by atoms with van der Waals surface area (Å²) in [7, 11) is 0. The van der Waals surface area contributed by atoms with Gasteiger partial charge < -0.3 is 9.64 Å². The van der Waals surface area contributed by atoms with Gasteiger partial charge in [0.25, 0.3) is 5.91 Å². The van der Waals surface area contributed by atoms with Crippen LogP contribution < -0.4 is 10.1 Å². The van der Waals surface area contributed by atoms with Crippen molar-refractivity contribution >= 4 is 23.5 Å². The second-order valence-corrected chi connectivity index (χ2v) is 9.20. The zero-order valence-electron chi connectivity index (χ0n) is 19.8. The zero-order chi connectivity index (χ0) is 26.2. The Bertz CT molecular complexity index is 1240. The molecule has 2 aromatic rings. The Morgan fingerprint density at radius 2 is 1.92 bits per heavy atom. The van der Waals surface area contributed by atoms with Crippen molar-refractivity contribution in [1.29, 1.82) is 0 Å². The molecular weight excluding hydrogens is 477 g/mol. The van der Waals surface area contributed by atoms with E-state index in [2.05, 4.69) is 5.32 Å². The van der Waals surface area contributed by atoms with Crippen molar-refractivity contribution in [1.82, 2.24) is 10.2 Å². The van der Waals surface area contributed by atoms with Gasteiger partial charge in [0, 0.05) is 31.0 Å². The van der Waals surface area contributed by atoms with Gasteiger partial charge in [-0.15, -0.1) is 0 Å². The molecule has 2 heterocycles. The molecule has 0 bridgehead atoms. The molecule has 2 aliphatic rings. The minimum absolute atomic E-state index is 0.00409. The third kappa shape index (κ3) is 4.98. The lowest BCUT2D eigenvalue weighted by Crippen LogP contribution is -2.52. The fourth-order valence-electron chi connectivity index (χ4n) is 4.46. The molecule has 1 fully saturated rings. The molecule has 0 aromatic heterocycles. The van der Waals surface area contributed by atoms with Gasteiger partial charge in [-0.05, 0) is 56.0 Å². The van der Waals surface area contributed by atoms with E-state index < -0.39 is 47.6 Å². The summed E-state index contributed by atoms with van der Waals surface area (Å²) in [6.45, 7) is 3.35. The van der Waals surface area contributed by atoms with E-state index in [0.29, 0.717) is 16.7 Å². The largest absolute Gasteiger partial charge is 0.490 e. The molecule has 36 heavy (non-hydrogen) atoms. The number of carbonyl (C=O) groups is 4. The summed E-state index contributed by atoms with van der Waals surface area (Å²) in [4.78, 5) is 50.3. The number of halogens is 3. The van der Waals surface area contributed by atoms with Gasteiger partial charge >= 0.3 is 5.92 Å². The highest BCUT2D eigenvalue weighted by molar-refractivity contribution is 6.05. The smallest absolute Gasteiger partial charge is 0.334 e. The van der Waals surface area contributed by atoms with Crippen LogP contribution in [0.2, 0.25) is 0 Å². The number of nitrogens with one attached hydrogen (secondary N) is 1. The standard InChI is InChI=1S/C26H25F3N2O5/c1-14(2)36-21-12-17(27)5-7-19(21)26(28,29)22(32)9-4-15-3-6-18-16(11-15)13-31(25(18)35)20-8-10-23(33)30-24(20)34/h3,5-7,11-12,14,20H,4,8-10,13H2,1-2H3,(H,30,33,34). The van der Waals surface area contributed by atoms with Crippen molar-refractivity contribution in [2.75, 3.05) is 0 Å². The van der Waals surface area contributed by atoms with E-state index in [-0.39, 0.29) is 43.4 Å². The Morgan fingerprint density at radius 3 is 2.61 bits per heavy atom. The summed E-state index contributed by atoms with van der Waals surface area (Å²) in [5.41, 5.74) is 0.894. The highest BCUT2D eigenvalue weighted by Gasteiger charge is 2.43. The number of amides is 3. The van der Waals surface area contributed by atoms with Crippen molar-refractivity contribution in [3.63, 3.8) is 0 Å². The molecule has 0 spiro atoms. The van der Waals surface area contributed by atoms with E-state index in [9.17, 15) is 23.6 Å². The second kappa shape index (κ2) is 9.75. The number of fused-ring (bicyclic) bond motifs is 1. The molecule has 3 amide bonds. The lowest BCUT2D eigenvalue weighted by Gasteiger charge is -2.29. The monoisotopic (exact) mass is 502 g/mol. The summed E-state index contributed by atoms with van der Waals surface area (Å²) in [6.07, 6.45) is -0.626. The maximum Gasteiger partial charge on any atom is 0.334 e. The molecule has 1 unspecified atom stereocenters. The maximum atomic E-state index is 15.0. The first-order valence-corrected chi connectivity index (χ1v) is 11.6. The van der Waals surface area contributed by atoms with E-state index in [1.54, 1.807) is 32.0 Å². The normalized spacial score (nSPS) is 17.9. The molecule has 4 rings (SSSR count). The van der Waals surface area contributed by atoms with Crippen LogP contribution in [0.4, 0.5) is 13.2 Å². The fraction of sp³-hybridized carbons (Fsp3) is 0.385. The van der Waals surface area contributed by atoms with Crippen molar-refractivity contribution in [2.45, 2.75) is 64.1 Å². The molecule has 2 aliphatic heterocycles. The molecular formula is C26H25F3N2O5. The number of alkyl halides is 2. The third-order valence-electron chi connectivity index (χ3n) is 6.22. The first-order valence-electron chi connectivity index (χ1n) is 11.6. The van der Waals surface area contributed by atoms with Crippen molar-refractivity contribution < 1.29 is 37.1 Å². The van der Waals surface area contributed by atoms with Gasteiger partial charge in [0.2, 0.25) is 17.6 Å². The number of piperidine rings is 1. The maximum absolute atomic E-state index is 15.0. The number of ketones is 1. The van der Waals surface area contributed by atoms with Crippen LogP contribution in [0.1, 0.15) is 60.2 Å². The predicted molar refractivity (Wildman–Crippen MR) is 122 cm³/mol. The summed E-state index contributed by atoms with van der Waals surface area (Å²) >= 11 is 0. The van der Waals surface area contributed by atoms with Gasteiger partial charge in [0.1, 0.15) is 17.6 Å². The third-order valence-corrected chi connectivity index (χ3v) is 6.22. The molecule has 0 radical (unpaired) electrons. The van der Waals surface area contributed by atoms with E-state index in [0.717, 1.165) is 18.2 Å². The number of ether oxygens (including phenoxy) is 1. The van der Waals surface area contributed by atoms with Crippen molar-refractivity contribution in [2.24, 2.45) is 0 Å². The first kappa shape index (κ1) is 25.4. The van der Waals surface area contributed by atoms with Crippen LogP contribution in [0.3, 0.4) is 0 Å². The number of hydrogen-bond acceptors (Lipinski definition) is 5. The molecule has 7 nitrogen and oxygen atoms in total. The summed E-state index contributed by atoms with van der Waals surface area (Å²) < 4.78 is 49.0. The number of nitrogens with zero attached hydrogens (tertiary/aromatic N) is 1. The van der Waals surface area contributed by atoms with Crippen LogP contribution in [-0.2, 0) is 33.3 Å². The van der Waals surface area contributed by atoms with Gasteiger partial charge in [0.05, 0.1) is 11.7 Å². The Morgan fingerprint density at radius 1 is 1.17 bits per heavy atom. The number of aryl methyl sites for hydroxylation is 1. The number of imide groups is 1. The lowest BCUT2D eigenvalue weighted by molar-refractivity contribution is -0.144. The number of Topliss-reactive ketones (excluding diaryl/α,β-unsaturated/α-hetero) is 1. The van der Waals surface area contributed by atoms with E-state index in [1.165, 1.54) is 4.90 Å². The SMILES string of the molecule is CC(C)Oc1cc(F)ccc1C(F)(F)C(=O)CCc1ccc2c(c1)CN(C1CCC(=O)NC1=O)C2=O. The zero-order valence-corrected chi connectivity index (χ0v) is 19.8. The molecule has 0 aliphatic carbocycles. The van der Waals surface area contributed by atoms with Crippen LogP contribution in [-0.4, -0.2) is 40.6 Å². The second-order valence-electron chi connectivity index (χ2n) is 9.20. The van der Waals surface area contributed by atoms with Gasteiger partial charge in [-0.3, -0.25) is 24.5 Å². The average Bonchev–Trinajstić information content (AvgIpc) is 3.12. The topological polar surface area (TPSA) is 92.8 Å². The predicted octanol–water partition coefficient (Wildman–Crippen LogP) is 3.67. The first-order chi connectivity index (χ1) is 17.0. The fourth-order valence-corrected chi connectivity index (χ4v) is 4.46. The van der Waals surface area contributed by atoms with Crippen LogP contribution in [0, 0.1) is 5.82 Å². The number of rotatable bonds is 8. The molecule has 1 saturated heterocycles. The summed E-state index contributed by atoms with van der Waals surface area (Å²) in [5.74, 6) is -7.61. The Balaban J connectivity index is 1.46. The number of benzene rings is 2. The van der Waals surface area contributed by atoms with Crippen LogP contribution >= 0.6 is 0 Å². The van der Waals surface area contributed by atoms with E-state index >= 15 is 8.78 Å². The van der Waals surface area contributed by atoms with Gasteiger partial charge in [-0.25, -0.2) is 4.39 Å². The quantitative estimate of drug-likeness (QED) is 0.556. The minimum atomic E-state index is -3.88. The Labute approximate surface area is 205 Å².